The summed E-state index contributed by atoms with van der Waals surface area (Å²) < 4.78 is 6.19. The Bertz CT molecular complexity index is 459. The molecule has 1 unspecified atom stereocenters. The fourth-order valence-corrected chi connectivity index (χ4v) is 2.70. The zero-order valence-electron chi connectivity index (χ0n) is 11.0. The largest absolute Gasteiger partial charge is 0.398 e. The van der Waals surface area contributed by atoms with Gasteiger partial charge in [0.1, 0.15) is 0 Å². The molecular weight excluding hydrogens is 308 g/mol. The van der Waals surface area contributed by atoms with Crippen molar-refractivity contribution in [1.82, 2.24) is 5.32 Å². The van der Waals surface area contributed by atoms with Crippen LogP contribution >= 0.6 is 15.9 Å². The van der Waals surface area contributed by atoms with E-state index in [9.17, 15) is 4.79 Å². The standard InChI is InChI=1S/C14H19BrN2O2/c1-9(10-4-6-19-7-5-10)17-14(18)12-8-11(15)2-3-13(12)16/h2-3,8-10H,4-7,16H2,1H3,(H,17,18). The van der Waals surface area contributed by atoms with Gasteiger partial charge >= 0.3 is 0 Å². The zero-order valence-corrected chi connectivity index (χ0v) is 12.6. The number of carbonyl (C=O) groups is 1. The van der Waals surface area contributed by atoms with E-state index in [2.05, 4.69) is 21.2 Å². The summed E-state index contributed by atoms with van der Waals surface area (Å²) >= 11 is 3.36. The first-order chi connectivity index (χ1) is 9.08. The van der Waals surface area contributed by atoms with Gasteiger partial charge in [-0.05, 0) is 43.9 Å². The molecule has 1 amide bonds. The number of nitrogen functional groups attached to an aromatic ring is 1. The van der Waals surface area contributed by atoms with E-state index in [0.717, 1.165) is 30.5 Å². The second kappa shape index (κ2) is 6.39. The highest BCUT2D eigenvalue weighted by atomic mass is 79.9. The van der Waals surface area contributed by atoms with Crippen LogP contribution in [0.25, 0.3) is 0 Å². The molecule has 1 fully saturated rings. The maximum atomic E-state index is 12.2. The Kier molecular flexibility index (Phi) is 4.82. The lowest BCUT2D eigenvalue weighted by Gasteiger charge is -2.28. The number of carbonyl (C=O) groups excluding carboxylic acids is 1. The van der Waals surface area contributed by atoms with Crippen LogP contribution in [0.1, 0.15) is 30.1 Å². The predicted molar refractivity (Wildman–Crippen MR) is 79.0 cm³/mol. The molecule has 0 saturated carbocycles. The highest BCUT2D eigenvalue weighted by molar-refractivity contribution is 9.10. The van der Waals surface area contributed by atoms with Gasteiger partial charge in [-0.3, -0.25) is 4.79 Å². The molecule has 0 aliphatic carbocycles. The molecule has 1 saturated heterocycles. The van der Waals surface area contributed by atoms with Crippen LogP contribution in [0, 0.1) is 5.92 Å². The third kappa shape index (κ3) is 3.70. The fraction of sp³-hybridized carbons (Fsp3) is 0.500. The summed E-state index contributed by atoms with van der Waals surface area (Å²) in [5.74, 6) is 0.365. The molecule has 3 N–H and O–H groups in total. The van der Waals surface area contributed by atoms with E-state index in [4.69, 9.17) is 10.5 Å². The van der Waals surface area contributed by atoms with Crippen LogP contribution < -0.4 is 11.1 Å². The van der Waals surface area contributed by atoms with Crippen molar-refractivity contribution in [2.45, 2.75) is 25.8 Å². The summed E-state index contributed by atoms with van der Waals surface area (Å²) in [6.07, 6.45) is 1.99. The summed E-state index contributed by atoms with van der Waals surface area (Å²) in [5.41, 5.74) is 6.86. The van der Waals surface area contributed by atoms with Gasteiger partial charge in [-0.25, -0.2) is 0 Å². The Balaban J connectivity index is 2.01. The Labute approximate surface area is 121 Å². The predicted octanol–water partition coefficient (Wildman–Crippen LogP) is 2.58. The SMILES string of the molecule is CC(NC(=O)c1cc(Br)ccc1N)C1CCOCC1. The van der Waals surface area contributed by atoms with Gasteiger partial charge in [-0.2, -0.15) is 0 Å². The second-order valence-corrected chi connectivity index (χ2v) is 5.86. The number of amides is 1. The number of nitrogens with two attached hydrogens (primary N) is 1. The van der Waals surface area contributed by atoms with E-state index in [1.165, 1.54) is 0 Å². The molecule has 1 heterocycles. The van der Waals surface area contributed by atoms with Crippen LogP contribution in [0.3, 0.4) is 0 Å². The van der Waals surface area contributed by atoms with Crippen molar-refractivity contribution in [2.75, 3.05) is 18.9 Å². The molecule has 104 valence electrons. The first-order valence-electron chi connectivity index (χ1n) is 6.51. The minimum atomic E-state index is -0.113. The number of ether oxygens (including phenoxy) is 1. The van der Waals surface area contributed by atoms with E-state index >= 15 is 0 Å². The highest BCUT2D eigenvalue weighted by Crippen LogP contribution is 2.21. The number of nitrogens with one attached hydrogen (secondary N) is 1. The molecule has 1 aliphatic heterocycles. The summed E-state index contributed by atoms with van der Waals surface area (Å²) in [5, 5.41) is 3.04. The molecule has 2 rings (SSSR count). The number of hydrogen-bond donors (Lipinski definition) is 2. The third-order valence-corrected chi connectivity index (χ3v) is 4.09. The average molecular weight is 327 g/mol. The van der Waals surface area contributed by atoms with Gasteiger partial charge in [0.25, 0.3) is 5.91 Å². The maximum Gasteiger partial charge on any atom is 0.253 e. The second-order valence-electron chi connectivity index (χ2n) is 4.94. The van der Waals surface area contributed by atoms with Crippen LogP contribution in [-0.4, -0.2) is 25.2 Å². The van der Waals surface area contributed by atoms with E-state index in [1.54, 1.807) is 12.1 Å². The normalized spacial score (nSPS) is 18.0. The number of rotatable bonds is 3. The van der Waals surface area contributed by atoms with Gasteiger partial charge in [0.15, 0.2) is 0 Å². The van der Waals surface area contributed by atoms with E-state index in [-0.39, 0.29) is 11.9 Å². The fourth-order valence-electron chi connectivity index (χ4n) is 2.34. The van der Waals surface area contributed by atoms with Gasteiger partial charge in [0, 0.05) is 29.4 Å². The van der Waals surface area contributed by atoms with Gasteiger partial charge < -0.3 is 15.8 Å². The molecule has 1 aromatic rings. The van der Waals surface area contributed by atoms with Crippen LogP contribution in [0.2, 0.25) is 0 Å². The quantitative estimate of drug-likeness (QED) is 0.839. The van der Waals surface area contributed by atoms with Crippen LogP contribution in [-0.2, 0) is 4.74 Å². The summed E-state index contributed by atoms with van der Waals surface area (Å²) in [6, 6.07) is 5.45. The third-order valence-electron chi connectivity index (χ3n) is 3.59. The molecule has 0 bridgehead atoms. The molecule has 0 spiro atoms. The molecule has 5 heteroatoms. The van der Waals surface area contributed by atoms with Gasteiger partial charge in [0.05, 0.1) is 5.56 Å². The smallest absolute Gasteiger partial charge is 0.253 e. The van der Waals surface area contributed by atoms with Gasteiger partial charge in [0.2, 0.25) is 0 Å². The van der Waals surface area contributed by atoms with Crippen LogP contribution in [0.5, 0.6) is 0 Å². The number of hydrogen-bond acceptors (Lipinski definition) is 3. The summed E-state index contributed by atoms with van der Waals surface area (Å²) in [6.45, 7) is 3.61. The minimum Gasteiger partial charge on any atom is -0.398 e. The molecule has 1 aromatic carbocycles. The number of benzene rings is 1. The lowest BCUT2D eigenvalue weighted by molar-refractivity contribution is 0.0538. The van der Waals surface area contributed by atoms with Crippen molar-refractivity contribution in [1.29, 1.82) is 0 Å². The Morgan fingerprint density at radius 2 is 2.16 bits per heavy atom. The first-order valence-corrected chi connectivity index (χ1v) is 7.31. The monoisotopic (exact) mass is 326 g/mol. The lowest BCUT2D eigenvalue weighted by Crippen LogP contribution is -2.40. The molecular formula is C14H19BrN2O2. The van der Waals surface area contributed by atoms with Gasteiger partial charge in [-0.15, -0.1) is 0 Å². The molecule has 1 atom stereocenters. The molecule has 0 aromatic heterocycles. The van der Waals surface area contributed by atoms with E-state index in [0.29, 0.717) is 17.2 Å². The molecule has 1 aliphatic rings. The van der Waals surface area contributed by atoms with Crippen molar-refractivity contribution >= 4 is 27.5 Å². The Morgan fingerprint density at radius 1 is 1.47 bits per heavy atom. The van der Waals surface area contributed by atoms with Gasteiger partial charge in [-0.1, -0.05) is 15.9 Å². The van der Waals surface area contributed by atoms with Crippen molar-refractivity contribution in [3.8, 4) is 0 Å². The van der Waals surface area contributed by atoms with Crippen molar-refractivity contribution in [2.24, 2.45) is 5.92 Å². The number of anilines is 1. The summed E-state index contributed by atoms with van der Waals surface area (Å²) in [4.78, 5) is 12.2. The molecule has 19 heavy (non-hydrogen) atoms. The molecule has 4 nitrogen and oxygen atoms in total. The van der Waals surface area contributed by atoms with Crippen molar-refractivity contribution < 1.29 is 9.53 Å². The Morgan fingerprint density at radius 3 is 2.84 bits per heavy atom. The Hall–Kier alpha value is -1.07. The minimum absolute atomic E-state index is 0.113. The average Bonchev–Trinajstić information content (AvgIpc) is 2.42. The molecule has 0 radical (unpaired) electrons. The van der Waals surface area contributed by atoms with E-state index in [1.807, 2.05) is 13.0 Å². The van der Waals surface area contributed by atoms with Crippen molar-refractivity contribution in [3.05, 3.63) is 28.2 Å². The maximum absolute atomic E-state index is 12.2. The number of halogens is 1. The lowest BCUT2D eigenvalue weighted by atomic mass is 9.92. The van der Waals surface area contributed by atoms with Crippen LogP contribution in [0.15, 0.2) is 22.7 Å². The topological polar surface area (TPSA) is 64.4 Å². The first kappa shape index (κ1) is 14.3. The van der Waals surface area contributed by atoms with Crippen molar-refractivity contribution in [3.63, 3.8) is 0 Å². The highest BCUT2D eigenvalue weighted by Gasteiger charge is 2.22. The van der Waals surface area contributed by atoms with Crippen LogP contribution in [0.4, 0.5) is 5.69 Å². The zero-order chi connectivity index (χ0) is 13.8. The summed E-state index contributed by atoms with van der Waals surface area (Å²) in [7, 11) is 0. The van der Waals surface area contributed by atoms with E-state index < -0.39 is 0 Å².